The molecule has 0 fully saturated rings. The molecule has 3 aromatic rings. The number of nitrogens with zero attached hydrogens (tertiary/aromatic N) is 2. The van der Waals surface area contributed by atoms with Gasteiger partial charge < -0.3 is 0 Å². The van der Waals surface area contributed by atoms with E-state index in [0.717, 1.165) is 17.5 Å². The average Bonchev–Trinajstić information content (AvgIpc) is 2.90. The number of aldehydes is 1. The summed E-state index contributed by atoms with van der Waals surface area (Å²) in [4.78, 5) is 11.4. The van der Waals surface area contributed by atoms with Crippen LogP contribution < -0.4 is 0 Å². The van der Waals surface area contributed by atoms with Crippen molar-refractivity contribution in [3.63, 3.8) is 0 Å². The normalized spacial score (nSPS) is 9.86. The number of benzene rings is 2. The van der Waals surface area contributed by atoms with E-state index < -0.39 is 0 Å². The minimum Gasteiger partial charge on any atom is -0.298 e. The fourth-order valence-corrected chi connectivity index (χ4v) is 2.21. The zero-order valence-electron chi connectivity index (χ0n) is 12.2. The maximum Gasteiger partial charge on any atom is 0.154 e. The van der Waals surface area contributed by atoms with Crippen LogP contribution in [0.3, 0.4) is 0 Å². The van der Waals surface area contributed by atoms with E-state index in [0.29, 0.717) is 17.0 Å². The van der Waals surface area contributed by atoms with Gasteiger partial charge in [0, 0.05) is 5.56 Å². The summed E-state index contributed by atoms with van der Waals surface area (Å²) in [7, 11) is 0. The second kappa shape index (κ2) is 6.11. The van der Waals surface area contributed by atoms with Gasteiger partial charge in [0.2, 0.25) is 0 Å². The van der Waals surface area contributed by atoms with Crippen molar-refractivity contribution < 1.29 is 4.79 Å². The molecular formula is C19H14N2O. The van der Waals surface area contributed by atoms with E-state index in [9.17, 15) is 4.79 Å². The minimum atomic E-state index is 0.535. The molecule has 0 atom stereocenters. The van der Waals surface area contributed by atoms with Crippen LogP contribution in [0.4, 0.5) is 0 Å². The summed E-state index contributed by atoms with van der Waals surface area (Å²) in [5, 5.41) is 4.45. The van der Waals surface area contributed by atoms with Crippen molar-refractivity contribution in [1.29, 1.82) is 0 Å². The van der Waals surface area contributed by atoms with Gasteiger partial charge in [0.15, 0.2) is 6.29 Å². The van der Waals surface area contributed by atoms with Crippen molar-refractivity contribution in [3.05, 3.63) is 83.2 Å². The third-order valence-electron chi connectivity index (χ3n) is 3.32. The van der Waals surface area contributed by atoms with Crippen molar-refractivity contribution >= 4 is 6.29 Å². The standard InChI is InChI=1S/C19H14N2O/c1-15-18(14-22)19(13-12-16-8-4-2-5-9-16)21(20-15)17-10-6-3-7-11-17/h2-11,14H,1H3. The predicted octanol–water partition coefficient (Wildman–Crippen LogP) is 3.39. The monoisotopic (exact) mass is 286 g/mol. The third-order valence-corrected chi connectivity index (χ3v) is 3.32. The molecular weight excluding hydrogens is 272 g/mol. The Labute approximate surface area is 129 Å². The summed E-state index contributed by atoms with van der Waals surface area (Å²) in [5.41, 5.74) is 3.61. The van der Waals surface area contributed by atoms with Crippen molar-refractivity contribution in [2.75, 3.05) is 0 Å². The number of hydrogen-bond acceptors (Lipinski definition) is 2. The van der Waals surface area contributed by atoms with Crippen LogP contribution in [0.25, 0.3) is 5.69 Å². The Kier molecular flexibility index (Phi) is 3.84. The van der Waals surface area contributed by atoms with Crippen molar-refractivity contribution in [2.24, 2.45) is 0 Å². The molecule has 2 aromatic carbocycles. The lowest BCUT2D eigenvalue weighted by Crippen LogP contribution is -2.00. The second-order valence-electron chi connectivity index (χ2n) is 4.83. The third kappa shape index (κ3) is 2.68. The summed E-state index contributed by atoms with van der Waals surface area (Å²) in [6.07, 6.45) is 0.816. The number of aromatic nitrogens is 2. The van der Waals surface area contributed by atoms with Crippen LogP contribution in [0.1, 0.15) is 27.3 Å². The summed E-state index contributed by atoms with van der Waals surface area (Å²) in [5.74, 6) is 6.18. The quantitative estimate of drug-likeness (QED) is 0.534. The van der Waals surface area contributed by atoms with Crippen LogP contribution in [0, 0.1) is 18.8 Å². The van der Waals surface area contributed by atoms with Crippen LogP contribution in [0.15, 0.2) is 60.7 Å². The Bertz CT molecular complexity index is 853. The molecule has 0 aliphatic carbocycles. The van der Waals surface area contributed by atoms with Crippen molar-refractivity contribution in [2.45, 2.75) is 6.92 Å². The zero-order chi connectivity index (χ0) is 15.4. The van der Waals surface area contributed by atoms with E-state index in [-0.39, 0.29) is 0 Å². The first-order chi connectivity index (χ1) is 10.8. The van der Waals surface area contributed by atoms with Crippen molar-refractivity contribution in [1.82, 2.24) is 9.78 Å². The van der Waals surface area contributed by atoms with Crippen LogP contribution >= 0.6 is 0 Å². The van der Waals surface area contributed by atoms with Gasteiger partial charge in [-0.3, -0.25) is 4.79 Å². The Morgan fingerprint density at radius 3 is 2.23 bits per heavy atom. The highest BCUT2D eigenvalue weighted by Crippen LogP contribution is 2.16. The molecule has 1 heterocycles. The van der Waals surface area contributed by atoms with Gasteiger partial charge in [-0.1, -0.05) is 42.3 Å². The van der Waals surface area contributed by atoms with E-state index in [1.165, 1.54) is 0 Å². The number of aryl methyl sites for hydroxylation is 1. The Morgan fingerprint density at radius 2 is 1.59 bits per heavy atom. The van der Waals surface area contributed by atoms with Crippen molar-refractivity contribution in [3.8, 4) is 17.5 Å². The molecule has 0 unspecified atom stereocenters. The molecule has 0 amide bonds. The Morgan fingerprint density at radius 1 is 0.955 bits per heavy atom. The predicted molar refractivity (Wildman–Crippen MR) is 86.1 cm³/mol. The highest BCUT2D eigenvalue weighted by molar-refractivity contribution is 5.80. The van der Waals surface area contributed by atoms with Crippen LogP contribution in [-0.2, 0) is 0 Å². The van der Waals surface area contributed by atoms with Gasteiger partial charge in [-0.2, -0.15) is 5.10 Å². The molecule has 3 rings (SSSR count). The fraction of sp³-hybridized carbons (Fsp3) is 0.0526. The van der Waals surface area contributed by atoms with Gasteiger partial charge in [0.1, 0.15) is 5.69 Å². The number of hydrogen-bond donors (Lipinski definition) is 0. The summed E-state index contributed by atoms with van der Waals surface area (Å²) in [6, 6.07) is 19.4. The maximum absolute atomic E-state index is 11.4. The minimum absolute atomic E-state index is 0.535. The number of carbonyl (C=O) groups excluding carboxylic acids is 1. The molecule has 0 N–H and O–H groups in total. The van der Waals surface area contributed by atoms with Gasteiger partial charge in [-0.25, -0.2) is 4.68 Å². The highest BCUT2D eigenvalue weighted by atomic mass is 16.1. The average molecular weight is 286 g/mol. The first-order valence-corrected chi connectivity index (χ1v) is 6.97. The lowest BCUT2D eigenvalue weighted by Gasteiger charge is -2.02. The summed E-state index contributed by atoms with van der Waals surface area (Å²) >= 11 is 0. The van der Waals surface area contributed by atoms with Gasteiger partial charge in [0.05, 0.1) is 16.9 Å². The molecule has 1 aromatic heterocycles. The second-order valence-corrected chi connectivity index (χ2v) is 4.83. The summed E-state index contributed by atoms with van der Waals surface area (Å²) in [6.45, 7) is 1.82. The topological polar surface area (TPSA) is 34.9 Å². The van der Waals surface area contributed by atoms with E-state index in [2.05, 4.69) is 16.9 Å². The Hall–Kier alpha value is -3.12. The SMILES string of the molecule is Cc1nn(-c2ccccc2)c(C#Cc2ccccc2)c1C=O. The molecule has 3 heteroatoms. The first kappa shape index (κ1) is 13.8. The van der Waals surface area contributed by atoms with E-state index in [4.69, 9.17) is 0 Å². The van der Waals surface area contributed by atoms with Gasteiger partial charge >= 0.3 is 0 Å². The summed E-state index contributed by atoms with van der Waals surface area (Å²) < 4.78 is 1.72. The smallest absolute Gasteiger partial charge is 0.154 e. The van der Waals surface area contributed by atoms with E-state index in [1.807, 2.05) is 67.6 Å². The first-order valence-electron chi connectivity index (χ1n) is 6.97. The fourth-order valence-electron chi connectivity index (χ4n) is 2.21. The molecule has 0 saturated heterocycles. The molecule has 0 radical (unpaired) electrons. The Balaban J connectivity index is 2.14. The maximum atomic E-state index is 11.4. The lowest BCUT2D eigenvalue weighted by molar-refractivity contribution is 0.112. The molecule has 22 heavy (non-hydrogen) atoms. The largest absolute Gasteiger partial charge is 0.298 e. The van der Waals surface area contributed by atoms with E-state index >= 15 is 0 Å². The van der Waals surface area contributed by atoms with Gasteiger partial charge in [0.25, 0.3) is 0 Å². The zero-order valence-corrected chi connectivity index (χ0v) is 12.2. The molecule has 0 bridgehead atoms. The number of para-hydroxylation sites is 1. The number of carbonyl (C=O) groups is 1. The molecule has 0 spiro atoms. The molecule has 0 aliphatic heterocycles. The van der Waals surface area contributed by atoms with Crippen LogP contribution in [0.2, 0.25) is 0 Å². The van der Waals surface area contributed by atoms with Gasteiger partial charge in [-0.15, -0.1) is 0 Å². The number of rotatable bonds is 2. The molecule has 3 nitrogen and oxygen atoms in total. The molecule has 106 valence electrons. The lowest BCUT2D eigenvalue weighted by atomic mass is 10.2. The van der Waals surface area contributed by atoms with Gasteiger partial charge in [-0.05, 0) is 37.1 Å². The van der Waals surface area contributed by atoms with Crippen LogP contribution in [-0.4, -0.2) is 16.1 Å². The van der Waals surface area contributed by atoms with E-state index in [1.54, 1.807) is 4.68 Å². The molecule has 0 aliphatic rings. The highest BCUT2D eigenvalue weighted by Gasteiger charge is 2.13. The molecule has 0 saturated carbocycles. The van der Waals surface area contributed by atoms with Crippen LogP contribution in [0.5, 0.6) is 0 Å².